The molecule has 0 aromatic carbocycles. The molecule has 0 radical (unpaired) electrons. The minimum atomic E-state index is -0.00864. The summed E-state index contributed by atoms with van der Waals surface area (Å²) < 4.78 is 2.06. The van der Waals surface area contributed by atoms with Gasteiger partial charge in [-0.15, -0.1) is 10.2 Å². The molecule has 0 unspecified atom stereocenters. The van der Waals surface area contributed by atoms with Gasteiger partial charge in [0.05, 0.1) is 0 Å². The fourth-order valence-corrected chi connectivity index (χ4v) is 2.43. The van der Waals surface area contributed by atoms with Crippen molar-refractivity contribution in [3.05, 3.63) is 6.33 Å². The second kappa shape index (κ2) is 6.22. The largest absolute Gasteiger partial charge is 0.349 e. The molecule has 0 spiro atoms. The Morgan fingerprint density at radius 1 is 1.44 bits per heavy atom. The summed E-state index contributed by atoms with van der Waals surface area (Å²) in [6.07, 6.45) is 3.20. The molecule has 0 aliphatic heterocycles. The zero-order valence-electron chi connectivity index (χ0n) is 11.8. The van der Waals surface area contributed by atoms with E-state index in [2.05, 4.69) is 35.5 Å². The Hall–Kier alpha value is -1.04. The van der Waals surface area contributed by atoms with Gasteiger partial charge in [0, 0.05) is 31.8 Å². The zero-order valence-corrected chi connectivity index (χ0v) is 12.6. The highest BCUT2D eigenvalue weighted by Gasteiger charge is 2.17. The van der Waals surface area contributed by atoms with Gasteiger partial charge in [0.1, 0.15) is 6.33 Å². The molecule has 0 bridgehead atoms. The first kappa shape index (κ1) is 15.0. The van der Waals surface area contributed by atoms with E-state index < -0.39 is 0 Å². The van der Waals surface area contributed by atoms with Gasteiger partial charge in [-0.3, -0.25) is 4.79 Å². The fraction of sp³-hybridized carbons (Fsp3) is 0.750. The van der Waals surface area contributed by atoms with Crippen molar-refractivity contribution < 1.29 is 4.79 Å². The van der Waals surface area contributed by atoms with E-state index in [0.717, 1.165) is 17.3 Å². The van der Waals surface area contributed by atoms with Crippen molar-refractivity contribution in [1.29, 1.82) is 0 Å². The highest BCUT2D eigenvalue weighted by Crippen LogP contribution is 2.23. The molecule has 1 aromatic heterocycles. The van der Waals surface area contributed by atoms with Gasteiger partial charge in [-0.2, -0.15) is 0 Å². The van der Waals surface area contributed by atoms with E-state index >= 15 is 0 Å². The number of hydrogen-bond donors (Lipinski definition) is 0. The third-order valence-corrected chi connectivity index (χ3v) is 3.53. The van der Waals surface area contributed by atoms with Crippen molar-refractivity contribution >= 4 is 17.7 Å². The van der Waals surface area contributed by atoms with Crippen molar-refractivity contribution in [2.24, 2.45) is 0 Å². The van der Waals surface area contributed by atoms with Crippen LogP contribution in [-0.4, -0.2) is 45.4 Å². The summed E-state index contributed by atoms with van der Waals surface area (Å²) in [5.74, 6) is 1.06. The number of thioether (sulfide) groups is 1. The second-order valence-corrected chi connectivity index (χ2v) is 6.46. The average molecular weight is 270 g/mol. The number of rotatable bonds is 5. The zero-order chi connectivity index (χ0) is 13.8. The standard InChI is InChI=1S/C12H22N4OS/c1-12(2,3)16-9-13-14-11(16)18-8-6-7-10(17)15(4)5/h9H,6-8H2,1-5H3. The van der Waals surface area contributed by atoms with Crippen LogP contribution in [0.5, 0.6) is 0 Å². The van der Waals surface area contributed by atoms with Crippen LogP contribution in [0, 0.1) is 0 Å². The quantitative estimate of drug-likeness (QED) is 0.606. The summed E-state index contributed by atoms with van der Waals surface area (Å²) >= 11 is 1.65. The van der Waals surface area contributed by atoms with Gasteiger partial charge >= 0.3 is 0 Å². The molecule has 0 atom stereocenters. The Balaban J connectivity index is 2.41. The van der Waals surface area contributed by atoms with Gasteiger partial charge in [-0.1, -0.05) is 11.8 Å². The van der Waals surface area contributed by atoms with Gasteiger partial charge in [0.15, 0.2) is 5.16 Å². The third-order valence-electron chi connectivity index (χ3n) is 2.50. The van der Waals surface area contributed by atoms with E-state index in [4.69, 9.17) is 0 Å². The molecule has 1 amide bonds. The number of hydrogen-bond acceptors (Lipinski definition) is 4. The molecule has 0 N–H and O–H groups in total. The van der Waals surface area contributed by atoms with Crippen LogP contribution in [0.2, 0.25) is 0 Å². The van der Waals surface area contributed by atoms with E-state index in [1.807, 2.05) is 0 Å². The summed E-state index contributed by atoms with van der Waals surface area (Å²) in [6, 6.07) is 0. The maximum atomic E-state index is 11.4. The Bertz CT molecular complexity index is 395. The van der Waals surface area contributed by atoms with Crippen LogP contribution in [0.15, 0.2) is 11.5 Å². The SMILES string of the molecule is CN(C)C(=O)CCCSc1nncn1C(C)(C)C. The summed E-state index contributed by atoms with van der Waals surface area (Å²) in [5.41, 5.74) is -0.00864. The first-order valence-electron chi connectivity index (χ1n) is 6.06. The molecular weight excluding hydrogens is 248 g/mol. The molecule has 0 aliphatic rings. The molecule has 1 aromatic rings. The van der Waals surface area contributed by atoms with Crippen molar-refractivity contribution in [2.75, 3.05) is 19.8 Å². The van der Waals surface area contributed by atoms with E-state index in [1.54, 1.807) is 37.1 Å². The number of aromatic nitrogens is 3. The van der Waals surface area contributed by atoms with Crippen LogP contribution < -0.4 is 0 Å². The van der Waals surface area contributed by atoms with Crippen LogP contribution >= 0.6 is 11.8 Å². The van der Waals surface area contributed by atoms with Crippen molar-refractivity contribution in [3.63, 3.8) is 0 Å². The molecule has 0 fully saturated rings. The Morgan fingerprint density at radius 3 is 2.67 bits per heavy atom. The average Bonchev–Trinajstić information content (AvgIpc) is 2.71. The van der Waals surface area contributed by atoms with Gasteiger partial charge in [-0.05, 0) is 27.2 Å². The monoisotopic (exact) mass is 270 g/mol. The Morgan fingerprint density at radius 2 is 2.11 bits per heavy atom. The lowest BCUT2D eigenvalue weighted by Gasteiger charge is -2.21. The molecule has 5 nitrogen and oxygen atoms in total. The second-order valence-electron chi connectivity index (χ2n) is 5.39. The van der Waals surface area contributed by atoms with Crippen molar-refractivity contribution in [2.45, 2.75) is 44.3 Å². The molecule has 0 saturated carbocycles. The van der Waals surface area contributed by atoms with Crippen LogP contribution in [0.1, 0.15) is 33.6 Å². The topological polar surface area (TPSA) is 51.0 Å². The summed E-state index contributed by atoms with van der Waals surface area (Å²) in [4.78, 5) is 13.0. The molecule has 18 heavy (non-hydrogen) atoms. The highest BCUT2D eigenvalue weighted by molar-refractivity contribution is 7.99. The third kappa shape index (κ3) is 4.33. The lowest BCUT2D eigenvalue weighted by Crippen LogP contribution is -2.22. The van der Waals surface area contributed by atoms with Crippen LogP contribution in [0.25, 0.3) is 0 Å². The predicted octanol–water partition coefficient (Wildman–Crippen LogP) is 1.99. The lowest BCUT2D eigenvalue weighted by atomic mass is 10.1. The molecule has 102 valence electrons. The highest BCUT2D eigenvalue weighted by atomic mass is 32.2. The molecule has 1 rings (SSSR count). The Labute approximate surface area is 113 Å². The maximum Gasteiger partial charge on any atom is 0.222 e. The fourth-order valence-electron chi connectivity index (χ4n) is 1.39. The lowest BCUT2D eigenvalue weighted by molar-refractivity contribution is -0.128. The van der Waals surface area contributed by atoms with Gasteiger partial charge in [0.2, 0.25) is 5.91 Å². The predicted molar refractivity (Wildman–Crippen MR) is 73.7 cm³/mol. The minimum Gasteiger partial charge on any atom is -0.349 e. The number of nitrogens with zero attached hydrogens (tertiary/aromatic N) is 4. The molecular formula is C12H22N4OS. The number of carbonyl (C=O) groups excluding carboxylic acids is 1. The molecule has 6 heteroatoms. The van der Waals surface area contributed by atoms with Gasteiger partial charge < -0.3 is 9.47 Å². The molecule has 0 aliphatic carbocycles. The van der Waals surface area contributed by atoms with Crippen LogP contribution in [0.3, 0.4) is 0 Å². The summed E-state index contributed by atoms with van der Waals surface area (Å²) in [6.45, 7) is 6.36. The summed E-state index contributed by atoms with van der Waals surface area (Å²) in [5, 5.41) is 8.98. The number of amides is 1. The smallest absolute Gasteiger partial charge is 0.222 e. The van der Waals surface area contributed by atoms with E-state index in [9.17, 15) is 4.79 Å². The van der Waals surface area contributed by atoms with Crippen LogP contribution in [0.4, 0.5) is 0 Å². The molecule has 1 heterocycles. The van der Waals surface area contributed by atoms with Crippen molar-refractivity contribution in [3.8, 4) is 0 Å². The van der Waals surface area contributed by atoms with E-state index in [1.165, 1.54) is 0 Å². The Kier molecular flexibility index (Phi) is 5.19. The van der Waals surface area contributed by atoms with Crippen molar-refractivity contribution in [1.82, 2.24) is 19.7 Å². The van der Waals surface area contributed by atoms with E-state index in [-0.39, 0.29) is 11.4 Å². The normalized spacial score (nSPS) is 11.6. The van der Waals surface area contributed by atoms with Gasteiger partial charge in [-0.25, -0.2) is 0 Å². The number of carbonyl (C=O) groups is 1. The first-order valence-corrected chi connectivity index (χ1v) is 7.04. The van der Waals surface area contributed by atoms with E-state index in [0.29, 0.717) is 6.42 Å². The minimum absolute atomic E-state index is 0.00864. The maximum absolute atomic E-state index is 11.4. The molecule has 0 saturated heterocycles. The van der Waals surface area contributed by atoms with Crippen LogP contribution in [-0.2, 0) is 10.3 Å². The van der Waals surface area contributed by atoms with Gasteiger partial charge in [0.25, 0.3) is 0 Å². The first-order chi connectivity index (χ1) is 8.32. The summed E-state index contributed by atoms with van der Waals surface area (Å²) in [7, 11) is 3.57.